The first kappa shape index (κ1) is 17.2. The van der Waals surface area contributed by atoms with Gasteiger partial charge in [0.1, 0.15) is 12.7 Å². The number of Topliss-reactive ketones (excluding diaryl/α,β-unsaturated/α-hetero) is 1. The Morgan fingerprint density at radius 2 is 1.44 bits per heavy atom. The number of hydrogen-bond donors (Lipinski definition) is 2. The third kappa shape index (κ3) is 5.71. The molecule has 100 valence electrons. The van der Waals surface area contributed by atoms with E-state index in [9.17, 15) is 4.79 Å². The molecule has 0 amide bonds. The Morgan fingerprint density at radius 1 is 1.00 bits per heavy atom. The lowest BCUT2D eigenvalue weighted by molar-refractivity contribution is -0.114. The number of carbonyl (C=O) groups excluding carboxylic acids is 1. The van der Waals surface area contributed by atoms with Crippen LogP contribution in [0.25, 0.3) is 0 Å². The maximum absolute atomic E-state index is 11.5. The number of rotatable bonds is 6. The molecule has 2 aromatic heterocycles. The predicted molar refractivity (Wildman–Crippen MR) is 73.7 cm³/mol. The van der Waals surface area contributed by atoms with Gasteiger partial charge in [-0.1, -0.05) is 23.5 Å². The van der Waals surface area contributed by atoms with Gasteiger partial charge in [-0.25, -0.2) is 9.97 Å². The van der Waals surface area contributed by atoms with E-state index in [4.69, 9.17) is 0 Å². The molecule has 2 heterocycles. The summed E-state index contributed by atoms with van der Waals surface area (Å²) < 4.78 is 0. The van der Waals surface area contributed by atoms with E-state index in [2.05, 4.69) is 30.4 Å². The number of carbonyl (C=O) groups is 1. The molecule has 0 aromatic carbocycles. The third-order valence-electron chi connectivity index (χ3n) is 1.53. The molecule has 0 aliphatic rings. The minimum atomic E-state index is 0. The number of thioether (sulfide) groups is 2. The second-order valence-electron chi connectivity index (χ2n) is 2.70. The van der Waals surface area contributed by atoms with E-state index in [0.717, 1.165) is 0 Å². The Kier molecular flexibility index (Phi) is 8.81. The van der Waals surface area contributed by atoms with Crippen molar-refractivity contribution in [2.45, 2.75) is 10.3 Å². The fourth-order valence-electron chi connectivity index (χ4n) is 0.867. The molecule has 0 unspecified atom stereocenters. The summed E-state index contributed by atoms with van der Waals surface area (Å²) in [6, 6.07) is 0. The van der Waals surface area contributed by atoms with E-state index in [-0.39, 0.29) is 30.6 Å². The lowest BCUT2D eigenvalue weighted by atomic mass is 10.5. The van der Waals surface area contributed by atoms with Crippen molar-refractivity contribution < 1.29 is 4.79 Å². The topological polar surface area (TPSA) is 100 Å². The Morgan fingerprint density at radius 3 is 1.78 bits per heavy atom. The van der Waals surface area contributed by atoms with Gasteiger partial charge in [0.15, 0.2) is 16.1 Å². The van der Waals surface area contributed by atoms with Gasteiger partial charge in [0.2, 0.25) is 0 Å². The summed E-state index contributed by atoms with van der Waals surface area (Å²) in [4.78, 5) is 19.3. The number of nitrogens with one attached hydrogen (secondary N) is 2. The van der Waals surface area contributed by atoms with Crippen LogP contribution in [0.5, 0.6) is 0 Å². The number of aromatic amines is 2. The Labute approximate surface area is 124 Å². The zero-order valence-electron chi connectivity index (χ0n) is 8.90. The average Bonchev–Trinajstić information content (AvgIpc) is 2.96. The van der Waals surface area contributed by atoms with Crippen LogP contribution in [0.15, 0.2) is 23.0 Å². The Balaban J connectivity index is 0.00000144. The van der Waals surface area contributed by atoms with Crippen LogP contribution in [0.1, 0.15) is 0 Å². The molecule has 0 saturated carbocycles. The summed E-state index contributed by atoms with van der Waals surface area (Å²) >= 11 is 2.67. The molecule has 0 saturated heterocycles. The van der Waals surface area contributed by atoms with Crippen molar-refractivity contribution >= 4 is 54.1 Å². The van der Waals surface area contributed by atoms with Gasteiger partial charge in [-0.15, -0.1) is 24.8 Å². The molecule has 0 aliphatic heterocycles. The number of H-pyrrole nitrogens is 2. The van der Waals surface area contributed by atoms with Gasteiger partial charge in [-0.05, 0) is 0 Å². The normalized spacial score (nSPS) is 9.33. The molecule has 18 heavy (non-hydrogen) atoms. The van der Waals surface area contributed by atoms with E-state index in [0.29, 0.717) is 21.8 Å². The van der Waals surface area contributed by atoms with Crippen molar-refractivity contribution in [3.63, 3.8) is 0 Å². The Hall–Kier alpha value is -0.770. The zero-order valence-corrected chi connectivity index (χ0v) is 12.2. The van der Waals surface area contributed by atoms with Gasteiger partial charge in [-0.2, -0.15) is 10.2 Å². The fraction of sp³-hybridized carbons (Fsp3) is 0.286. The van der Waals surface area contributed by atoms with Crippen molar-refractivity contribution in [3.05, 3.63) is 12.7 Å². The monoisotopic (exact) mass is 328 g/mol. The second-order valence-corrected chi connectivity index (χ2v) is 4.63. The first-order valence-electron chi connectivity index (χ1n) is 4.32. The average molecular weight is 329 g/mol. The number of halogens is 2. The highest BCUT2D eigenvalue weighted by Crippen LogP contribution is 2.14. The lowest BCUT2D eigenvalue weighted by Gasteiger charge is -1.96. The second kappa shape index (κ2) is 9.20. The summed E-state index contributed by atoms with van der Waals surface area (Å²) in [7, 11) is 0. The molecule has 2 aromatic rings. The molecule has 0 atom stereocenters. The van der Waals surface area contributed by atoms with Crippen molar-refractivity contribution in [1.82, 2.24) is 30.4 Å². The maximum Gasteiger partial charge on any atom is 0.183 e. The molecule has 2 N–H and O–H groups in total. The van der Waals surface area contributed by atoms with Crippen LogP contribution in [0.2, 0.25) is 0 Å². The quantitative estimate of drug-likeness (QED) is 0.769. The zero-order chi connectivity index (χ0) is 11.2. The van der Waals surface area contributed by atoms with E-state index in [1.807, 2.05) is 0 Å². The first-order valence-corrected chi connectivity index (χ1v) is 6.30. The van der Waals surface area contributed by atoms with Crippen LogP contribution in [0.4, 0.5) is 0 Å². The summed E-state index contributed by atoms with van der Waals surface area (Å²) in [5.41, 5.74) is 0. The van der Waals surface area contributed by atoms with Gasteiger partial charge >= 0.3 is 0 Å². The fourth-order valence-corrected chi connectivity index (χ4v) is 2.27. The number of ketones is 1. The summed E-state index contributed by atoms with van der Waals surface area (Å²) in [5, 5.41) is 14.0. The van der Waals surface area contributed by atoms with E-state index >= 15 is 0 Å². The van der Waals surface area contributed by atoms with Crippen LogP contribution in [-0.2, 0) is 4.79 Å². The SMILES string of the molecule is Cl.Cl.O=C(CSc1ncn[nH]1)CSc1ncn[nH]1. The number of aromatic nitrogens is 6. The molecule has 0 bridgehead atoms. The molecule has 0 fully saturated rings. The minimum Gasteiger partial charge on any atom is -0.298 e. The summed E-state index contributed by atoms with van der Waals surface area (Å²) in [6.07, 6.45) is 2.83. The maximum atomic E-state index is 11.5. The van der Waals surface area contributed by atoms with Gasteiger partial charge in [0.25, 0.3) is 0 Å². The minimum absolute atomic E-state index is 0. The Bertz CT molecular complexity index is 396. The van der Waals surface area contributed by atoms with Gasteiger partial charge < -0.3 is 0 Å². The smallest absolute Gasteiger partial charge is 0.183 e. The van der Waals surface area contributed by atoms with E-state index in [1.54, 1.807) is 0 Å². The molecular weight excluding hydrogens is 319 g/mol. The number of nitrogens with zero attached hydrogens (tertiary/aromatic N) is 4. The highest BCUT2D eigenvalue weighted by molar-refractivity contribution is 8.01. The molecule has 0 spiro atoms. The third-order valence-corrected chi connectivity index (χ3v) is 3.40. The molecule has 11 heteroatoms. The molecule has 2 rings (SSSR count). The molecule has 0 aliphatic carbocycles. The largest absolute Gasteiger partial charge is 0.298 e. The van der Waals surface area contributed by atoms with Crippen molar-refractivity contribution in [1.29, 1.82) is 0 Å². The van der Waals surface area contributed by atoms with Crippen LogP contribution in [0.3, 0.4) is 0 Å². The van der Waals surface area contributed by atoms with Crippen molar-refractivity contribution in [2.24, 2.45) is 0 Å². The molecule has 0 radical (unpaired) electrons. The highest BCUT2D eigenvalue weighted by Gasteiger charge is 2.06. The molecular formula is C7H10Cl2N6OS2. The first-order chi connectivity index (χ1) is 7.84. The van der Waals surface area contributed by atoms with Crippen molar-refractivity contribution in [3.8, 4) is 0 Å². The van der Waals surface area contributed by atoms with Gasteiger partial charge in [0, 0.05) is 0 Å². The van der Waals surface area contributed by atoms with Crippen LogP contribution in [0, 0.1) is 0 Å². The summed E-state index contributed by atoms with van der Waals surface area (Å²) in [5.74, 6) is 0.856. The van der Waals surface area contributed by atoms with E-state index in [1.165, 1.54) is 36.2 Å². The molecule has 7 nitrogen and oxygen atoms in total. The number of hydrogen-bond acceptors (Lipinski definition) is 7. The van der Waals surface area contributed by atoms with Crippen molar-refractivity contribution in [2.75, 3.05) is 11.5 Å². The van der Waals surface area contributed by atoms with Crippen LogP contribution >= 0.6 is 48.3 Å². The van der Waals surface area contributed by atoms with Gasteiger partial charge in [0.05, 0.1) is 11.5 Å². The standard InChI is InChI=1S/C7H8N6OS2.2ClH/c14-5(1-15-6-8-3-10-12-6)2-16-7-9-4-11-13-7;;/h3-4H,1-2H2,(H,8,10,12)(H,9,11,13);2*1H. The summed E-state index contributed by atoms with van der Waals surface area (Å²) in [6.45, 7) is 0. The lowest BCUT2D eigenvalue weighted by Crippen LogP contribution is -2.05. The van der Waals surface area contributed by atoms with E-state index < -0.39 is 0 Å². The van der Waals surface area contributed by atoms with Crippen LogP contribution < -0.4 is 0 Å². The highest BCUT2D eigenvalue weighted by atomic mass is 35.5. The van der Waals surface area contributed by atoms with Crippen LogP contribution in [-0.4, -0.2) is 47.7 Å². The predicted octanol–water partition coefficient (Wildman–Crippen LogP) is 1.22. The van der Waals surface area contributed by atoms with Gasteiger partial charge in [-0.3, -0.25) is 15.0 Å².